The highest BCUT2D eigenvalue weighted by atomic mass is 32.2. The van der Waals surface area contributed by atoms with Crippen molar-refractivity contribution in [1.82, 2.24) is 0 Å². The molecule has 2 N–H and O–H groups in total. The average molecular weight is 304 g/mol. The molecule has 0 spiro atoms. The molecule has 0 saturated carbocycles. The number of benzene rings is 2. The summed E-state index contributed by atoms with van der Waals surface area (Å²) < 4.78 is 27.0. The summed E-state index contributed by atoms with van der Waals surface area (Å²) in [7, 11) is -2.04. The summed E-state index contributed by atoms with van der Waals surface area (Å²) in [5.74, 6) is 0. The van der Waals surface area contributed by atoms with E-state index in [0.29, 0.717) is 17.1 Å². The normalized spacial score (nSPS) is 11.4. The summed E-state index contributed by atoms with van der Waals surface area (Å²) in [5, 5.41) is 0. The fourth-order valence-electron chi connectivity index (χ4n) is 2.25. The van der Waals surface area contributed by atoms with Crippen molar-refractivity contribution in [2.75, 3.05) is 11.4 Å². The van der Waals surface area contributed by atoms with E-state index in [2.05, 4.69) is 0 Å². The number of hydrogen-bond donors (Lipinski definition) is 1. The molecular formula is C16H20N2O2S. The van der Waals surface area contributed by atoms with Gasteiger partial charge in [-0.3, -0.25) is 4.31 Å². The lowest BCUT2D eigenvalue weighted by Crippen LogP contribution is -2.28. The summed E-state index contributed by atoms with van der Waals surface area (Å²) in [6.07, 6.45) is 0. The van der Waals surface area contributed by atoms with E-state index in [9.17, 15) is 8.42 Å². The Morgan fingerprint density at radius 2 is 1.76 bits per heavy atom. The van der Waals surface area contributed by atoms with Gasteiger partial charge in [0.2, 0.25) is 0 Å². The second-order valence-corrected chi connectivity index (χ2v) is 7.01. The molecule has 0 radical (unpaired) electrons. The highest BCUT2D eigenvalue weighted by Crippen LogP contribution is 2.27. The maximum absolute atomic E-state index is 12.9. The Labute approximate surface area is 126 Å². The fourth-order valence-corrected chi connectivity index (χ4v) is 3.79. The molecule has 21 heavy (non-hydrogen) atoms. The molecule has 2 aromatic carbocycles. The minimum Gasteiger partial charge on any atom is -0.326 e. The number of sulfonamides is 1. The predicted octanol–water partition coefficient (Wildman–Crippen LogP) is 2.59. The zero-order chi connectivity index (χ0) is 15.6. The minimum atomic E-state index is -3.60. The molecule has 0 amide bonds. The van der Waals surface area contributed by atoms with Crippen LogP contribution in [-0.4, -0.2) is 15.5 Å². The number of hydrogen-bond acceptors (Lipinski definition) is 3. The van der Waals surface area contributed by atoms with Gasteiger partial charge in [-0.05, 0) is 42.7 Å². The summed E-state index contributed by atoms with van der Waals surface area (Å²) in [4.78, 5) is 0.330. The highest BCUT2D eigenvalue weighted by Gasteiger charge is 2.24. The van der Waals surface area contributed by atoms with Gasteiger partial charge in [0, 0.05) is 13.6 Å². The molecule has 0 bridgehead atoms. The third kappa shape index (κ3) is 2.94. The summed E-state index contributed by atoms with van der Waals surface area (Å²) in [5.41, 5.74) is 8.77. The van der Waals surface area contributed by atoms with Crippen LogP contribution in [0.5, 0.6) is 0 Å². The van der Waals surface area contributed by atoms with E-state index in [-0.39, 0.29) is 0 Å². The first-order chi connectivity index (χ1) is 9.87. The first-order valence-corrected chi connectivity index (χ1v) is 8.16. The zero-order valence-electron chi connectivity index (χ0n) is 12.5. The Morgan fingerprint density at radius 3 is 2.43 bits per heavy atom. The average Bonchev–Trinajstić information content (AvgIpc) is 2.48. The molecular weight excluding hydrogens is 284 g/mol. The Balaban J connectivity index is 2.55. The summed E-state index contributed by atoms with van der Waals surface area (Å²) >= 11 is 0. The van der Waals surface area contributed by atoms with Crippen LogP contribution in [0, 0.1) is 13.8 Å². The predicted molar refractivity (Wildman–Crippen MR) is 85.8 cm³/mol. The molecule has 0 atom stereocenters. The molecule has 0 unspecified atom stereocenters. The van der Waals surface area contributed by atoms with Crippen LogP contribution in [0.2, 0.25) is 0 Å². The quantitative estimate of drug-likeness (QED) is 0.944. The first-order valence-electron chi connectivity index (χ1n) is 6.72. The molecule has 2 rings (SSSR count). The lowest BCUT2D eigenvalue weighted by molar-refractivity contribution is 0.593. The number of anilines is 1. The second-order valence-electron chi connectivity index (χ2n) is 5.07. The van der Waals surface area contributed by atoms with Gasteiger partial charge in [-0.2, -0.15) is 0 Å². The van der Waals surface area contributed by atoms with Crippen LogP contribution in [0.4, 0.5) is 5.69 Å². The van der Waals surface area contributed by atoms with Crippen molar-refractivity contribution in [1.29, 1.82) is 0 Å². The van der Waals surface area contributed by atoms with Crippen LogP contribution in [0.15, 0.2) is 47.4 Å². The van der Waals surface area contributed by atoms with Crippen LogP contribution in [0.3, 0.4) is 0 Å². The van der Waals surface area contributed by atoms with Crippen molar-refractivity contribution in [3.63, 3.8) is 0 Å². The van der Waals surface area contributed by atoms with Gasteiger partial charge < -0.3 is 5.73 Å². The largest absolute Gasteiger partial charge is 0.326 e. The molecule has 5 heteroatoms. The number of para-hydroxylation sites is 1. The Bertz CT molecular complexity index is 755. The topological polar surface area (TPSA) is 63.4 Å². The summed E-state index contributed by atoms with van der Waals surface area (Å²) in [6.45, 7) is 3.98. The SMILES string of the molecule is Cc1ccc(C)c(S(=O)(=O)N(C)c2ccccc2CN)c1. The minimum absolute atomic E-state index is 0.294. The van der Waals surface area contributed by atoms with E-state index in [1.165, 1.54) is 4.31 Å². The van der Waals surface area contributed by atoms with E-state index in [4.69, 9.17) is 5.73 Å². The van der Waals surface area contributed by atoms with Gasteiger partial charge in [0.1, 0.15) is 0 Å². The van der Waals surface area contributed by atoms with Crippen molar-refractivity contribution in [2.24, 2.45) is 5.73 Å². The smallest absolute Gasteiger partial charge is 0.264 e. The van der Waals surface area contributed by atoms with Crippen LogP contribution < -0.4 is 10.0 Å². The number of rotatable bonds is 4. The molecule has 0 aliphatic carbocycles. The molecule has 112 valence electrons. The van der Waals surface area contributed by atoms with Crippen LogP contribution in [0.25, 0.3) is 0 Å². The van der Waals surface area contributed by atoms with Crippen molar-refractivity contribution >= 4 is 15.7 Å². The van der Waals surface area contributed by atoms with Crippen LogP contribution >= 0.6 is 0 Å². The fraction of sp³-hybridized carbons (Fsp3) is 0.250. The van der Waals surface area contributed by atoms with Crippen molar-refractivity contribution in [3.05, 3.63) is 59.2 Å². The lowest BCUT2D eigenvalue weighted by atomic mass is 10.2. The number of nitrogens with zero attached hydrogens (tertiary/aromatic N) is 1. The Kier molecular flexibility index (Phi) is 4.34. The van der Waals surface area contributed by atoms with E-state index in [0.717, 1.165) is 16.7 Å². The van der Waals surface area contributed by atoms with Crippen molar-refractivity contribution in [3.8, 4) is 0 Å². The molecule has 0 aromatic heterocycles. The van der Waals surface area contributed by atoms with Crippen LogP contribution in [0.1, 0.15) is 16.7 Å². The number of nitrogens with two attached hydrogens (primary N) is 1. The lowest BCUT2D eigenvalue weighted by Gasteiger charge is -2.23. The van der Waals surface area contributed by atoms with Gasteiger partial charge in [-0.15, -0.1) is 0 Å². The van der Waals surface area contributed by atoms with Crippen LogP contribution in [-0.2, 0) is 16.6 Å². The monoisotopic (exact) mass is 304 g/mol. The third-order valence-corrected chi connectivity index (χ3v) is 5.45. The first kappa shape index (κ1) is 15.5. The Hall–Kier alpha value is -1.85. The van der Waals surface area contributed by atoms with Gasteiger partial charge in [-0.1, -0.05) is 30.3 Å². The van der Waals surface area contributed by atoms with Gasteiger partial charge in [0.15, 0.2) is 0 Å². The molecule has 4 nitrogen and oxygen atoms in total. The van der Waals surface area contributed by atoms with Gasteiger partial charge >= 0.3 is 0 Å². The molecule has 0 aliphatic heterocycles. The molecule has 0 saturated heterocycles. The second kappa shape index (κ2) is 5.87. The van der Waals surface area contributed by atoms with E-state index >= 15 is 0 Å². The van der Waals surface area contributed by atoms with E-state index < -0.39 is 10.0 Å². The van der Waals surface area contributed by atoms with Gasteiger partial charge in [-0.25, -0.2) is 8.42 Å². The van der Waals surface area contributed by atoms with Gasteiger partial charge in [0.25, 0.3) is 10.0 Å². The van der Waals surface area contributed by atoms with E-state index in [1.807, 2.05) is 37.3 Å². The van der Waals surface area contributed by atoms with Crippen molar-refractivity contribution < 1.29 is 8.42 Å². The molecule has 0 heterocycles. The molecule has 0 aliphatic rings. The highest BCUT2D eigenvalue weighted by molar-refractivity contribution is 7.92. The zero-order valence-corrected chi connectivity index (χ0v) is 13.3. The molecule has 2 aromatic rings. The van der Waals surface area contributed by atoms with E-state index in [1.54, 1.807) is 26.1 Å². The Morgan fingerprint density at radius 1 is 1.10 bits per heavy atom. The third-order valence-electron chi connectivity index (χ3n) is 3.53. The maximum atomic E-state index is 12.9. The van der Waals surface area contributed by atoms with Gasteiger partial charge in [0.05, 0.1) is 10.6 Å². The number of aryl methyl sites for hydroxylation is 2. The maximum Gasteiger partial charge on any atom is 0.264 e. The summed E-state index contributed by atoms with van der Waals surface area (Å²) in [6, 6.07) is 12.7. The van der Waals surface area contributed by atoms with Crippen molar-refractivity contribution in [2.45, 2.75) is 25.3 Å². The standard InChI is InChI=1S/C16H20N2O2S/c1-12-8-9-13(2)16(10-12)21(19,20)18(3)15-7-5-4-6-14(15)11-17/h4-10H,11,17H2,1-3H3. The molecule has 0 fully saturated rings.